The van der Waals surface area contributed by atoms with Gasteiger partial charge in [0, 0.05) is 10.4 Å². The van der Waals surface area contributed by atoms with Crippen molar-refractivity contribution in [3.05, 3.63) is 86.3 Å². The Labute approximate surface area is 163 Å². The summed E-state index contributed by atoms with van der Waals surface area (Å²) in [4.78, 5) is 19.9. The average Bonchev–Trinajstić information content (AvgIpc) is 2.98. The summed E-state index contributed by atoms with van der Waals surface area (Å²) in [5, 5.41) is 0.738. The maximum atomic E-state index is 13.4. The van der Waals surface area contributed by atoms with Gasteiger partial charge in [0.2, 0.25) is 0 Å². The van der Waals surface area contributed by atoms with Crippen LogP contribution in [-0.2, 0) is 6.54 Å². The van der Waals surface area contributed by atoms with Gasteiger partial charge in [-0.2, -0.15) is 0 Å². The molecule has 0 aliphatic rings. The fourth-order valence-corrected chi connectivity index (χ4v) is 4.55. The van der Waals surface area contributed by atoms with Crippen LogP contribution in [0.15, 0.2) is 53.6 Å². The van der Waals surface area contributed by atoms with Gasteiger partial charge in [-0.3, -0.25) is 9.36 Å². The fraction of sp³-hybridized carbons (Fsp3) is 0.217. The first-order valence-electron chi connectivity index (χ1n) is 9.06. The van der Waals surface area contributed by atoms with E-state index in [1.54, 1.807) is 22.2 Å². The molecule has 0 spiro atoms. The molecule has 0 atom stereocenters. The summed E-state index contributed by atoms with van der Waals surface area (Å²) >= 11 is 1.60. The molecule has 0 unspecified atom stereocenters. The number of aryl methyl sites for hydroxylation is 4. The van der Waals surface area contributed by atoms with Gasteiger partial charge in [0.05, 0.1) is 18.3 Å². The molecule has 2 aromatic heterocycles. The molecule has 2 aromatic carbocycles. The monoisotopic (exact) mass is 374 g/mol. The first-order valence-corrected chi connectivity index (χ1v) is 9.88. The highest BCUT2D eigenvalue weighted by Gasteiger charge is 2.18. The molecule has 0 bridgehead atoms. The van der Waals surface area contributed by atoms with Crippen LogP contribution in [0.3, 0.4) is 0 Å². The standard InChI is InChI=1S/C23H22N2OS/c1-14-9-10-16(3)19(11-14)20-17(4)27-22-21(20)23(26)25(13-24-22)12-18-8-6-5-7-15(18)2/h5-11,13H,12H2,1-4H3. The first kappa shape index (κ1) is 17.7. The fourth-order valence-electron chi connectivity index (χ4n) is 3.55. The molecule has 27 heavy (non-hydrogen) atoms. The Morgan fingerprint density at radius 3 is 2.56 bits per heavy atom. The third-order valence-corrected chi connectivity index (χ3v) is 6.13. The second-order valence-electron chi connectivity index (χ2n) is 7.14. The van der Waals surface area contributed by atoms with Crippen LogP contribution in [0.1, 0.15) is 27.1 Å². The highest BCUT2D eigenvalue weighted by atomic mass is 32.1. The van der Waals surface area contributed by atoms with Gasteiger partial charge in [0.1, 0.15) is 4.83 Å². The van der Waals surface area contributed by atoms with E-state index < -0.39 is 0 Å². The predicted molar refractivity (Wildman–Crippen MR) is 114 cm³/mol. The van der Waals surface area contributed by atoms with E-state index >= 15 is 0 Å². The minimum absolute atomic E-state index is 0.0310. The van der Waals surface area contributed by atoms with Crippen LogP contribution in [0.4, 0.5) is 0 Å². The molecule has 0 fully saturated rings. The molecule has 2 heterocycles. The third kappa shape index (κ3) is 3.10. The molecule has 4 aromatic rings. The van der Waals surface area contributed by atoms with E-state index in [0.29, 0.717) is 6.54 Å². The second kappa shape index (κ2) is 6.78. The second-order valence-corrected chi connectivity index (χ2v) is 8.34. The van der Waals surface area contributed by atoms with Crippen molar-refractivity contribution in [3.8, 4) is 11.1 Å². The first-order chi connectivity index (χ1) is 13.0. The summed E-state index contributed by atoms with van der Waals surface area (Å²) in [6.45, 7) is 8.87. The molecular formula is C23H22N2OS. The van der Waals surface area contributed by atoms with Crippen LogP contribution >= 0.6 is 11.3 Å². The SMILES string of the molecule is Cc1ccc(C)c(-c2c(C)sc3ncn(Cc4ccccc4C)c(=O)c23)c1. The molecule has 136 valence electrons. The van der Waals surface area contributed by atoms with Gasteiger partial charge in [-0.25, -0.2) is 4.98 Å². The molecule has 0 saturated carbocycles. The Kier molecular flexibility index (Phi) is 4.44. The molecule has 0 radical (unpaired) electrons. The maximum absolute atomic E-state index is 13.4. The number of hydrogen-bond acceptors (Lipinski definition) is 3. The molecule has 0 aliphatic heterocycles. The number of fused-ring (bicyclic) bond motifs is 1. The van der Waals surface area contributed by atoms with Crippen molar-refractivity contribution in [3.63, 3.8) is 0 Å². The quantitative estimate of drug-likeness (QED) is 0.481. The number of rotatable bonds is 3. The lowest BCUT2D eigenvalue weighted by molar-refractivity contribution is 0.745. The van der Waals surface area contributed by atoms with Gasteiger partial charge >= 0.3 is 0 Å². The molecule has 0 amide bonds. The van der Waals surface area contributed by atoms with Crippen molar-refractivity contribution >= 4 is 21.6 Å². The smallest absolute Gasteiger partial charge is 0.263 e. The third-order valence-electron chi connectivity index (χ3n) is 5.12. The van der Waals surface area contributed by atoms with Crippen LogP contribution < -0.4 is 5.56 Å². The Balaban J connectivity index is 1.94. The average molecular weight is 375 g/mol. The van der Waals surface area contributed by atoms with Gasteiger partial charge < -0.3 is 0 Å². The predicted octanol–water partition coefficient (Wildman–Crippen LogP) is 5.41. The maximum Gasteiger partial charge on any atom is 0.263 e. The van der Waals surface area contributed by atoms with E-state index in [2.05, 4.69) is 63.0 Å². The number of nitrogens with zero attached hydrogens (tertiary/aromatic N) is 2. The number of benzene rings is 2. The van der Waals surface area contributed by atoms with Crippen LogP contribution in [0.5, 0.6) is 0 Å². The van der Waals surface area contributed by atoms with E-state index in [9.17, 15) is 4.79 Å². The Bertz CT molecular complexity index is 1220. The summed E-state index contributed by atoms with van der Waals surface area (Å²) in [5.74, 6) is 0. The Hall–Kier alpha value is -2.72. The lowest BCUT2D eigenvalue weighted by Crippen LogP contribution is -2.21. The minimum Gasteiger partial charge on any atom is -0.294 e. The Morgan fingerprint density at radius 1 is 1.00 bits per heavy atom. The van der Waals surface area contributed by atoms with Crippen molar-refractivity contribution in [2.45, 2.75) is 34.2 Å². The van der Waals surface area contributed by atoms with E-state index in [0.717, 1.165) is 31.8 Å². The van der Waals surface area contributed by atoms with E-state index in [-0.39, 0.29) is 5.56 Å². The van der Waals surface area contributed by atoms with E-state index in [4.69, 9.17) is 0 Å². The van der Waals surface area contributed by atoms with E-state index in [1.165, 1.54) is 16.7 Å². The zero-order valence-electron chi connectivity index (χ0n) is 16.0. The summed E-state index contributed by atoms with van der Waals surface area (Å²) in [6, 6.07) is 14.6. The van der Waals surface area contributed by atoms with E-state index in [1.807, 2.05) is 12.1 Å². The number of hydrogen-bond donors (Lipinski definition) is 0. The van der Waals surface area contributed by atoms with Crippen LogP contribution in [0.25, 0.3) is 21.3 Å². The molecular weight excluding hydrogens is 352 g/mol. The van der Waals surface area contributed by atoms with Crippen LogP contribution in [0, 0.1) is 27.7 Å². The highest BCUT2D eigenvalue weighted by Crippen LogP contribution is 2.37. The lowest BCUT2D eigenvalue weighted by atomic mass is 9.97. The minimum atomic E-state index is 0.0310. The highest BCUT2D eigenvalue weighted by molar-refractivity contribution is 7.19. The van der Waals surface area contributed by atoms with Crippen LogP contribution in [0.2, 0.25) is 0 Å². The number of aromatic nitrogens is 2. The van der Waals surface area contributed by atoms with Crippen molar-refractivity contribution in [1.82, 2.24) is 9.55 Å². The van der Waals surface area contributed by atoms with Gasteiger partial charge in [-0.05, 0) is 49.9 Å². The number of thiophene rings is 1. The zero-order valence-corrected chi connectivity index (χ0v) is 16.9. The van der Waals surface area contributed by atoms with Crippen molar-refractivity contribution < 1.29 is 0 Å². The molecule has 0 aliphatic carbocycles. The molecule has 0 saturated heterocycles. The summed E-state index contributed by atoms with van der Waals surface area (Å²) < 4.78 is 1.73. The normalized spacial score (nSPS) is 11.3. The van der Waals surface area contributed by atoms with Crippen LogP contribution in [-0.4, -0.2) is 9.55 Å². The van der Waals surface area contributed by atoms with Crippen molar-refractivity contribution in [2.24, 2.45) is 0 Å². The summed E-state index contributed by atoms with van der Waals surface area (Å²) in [7, 11) is 0. The summed E-state index contributed by atoms with van der Waals surface area (Å²) in [6.07, 6.45) is 1.68. The van der Waals surface area contributed by atoms with Gasteiger partial charge in [-0.1, -0.05) is 48.0 Å². The topological polar surface area (TPSA) is 34.9 Å². The lowest BCUT2D eigenvalue weighted by Gasteiger charge is -2.10. The molecule has 4 rings (SSSR count). The molecule has 4 heteroatoms. The van der Waals surface area contributed by atoms with Gasteiger partial charge in [-0.15, -0.1) is 11.3 Å². The van der Waals surface area contributed by atoms with Gasteiger partial charge in [0.15, 0.2) is 0 Å². The van der Waals surface area contributed by atoms with Crippen molar-refractivity contribution in [2.75, 3.05) is 0 Å². The molecule has 0 N–H and O–H groups in total. The van der Waals surface area contributed by atoms with Crippen molar-refractivity contribution in [1.29, 1.82) is 0 Å². The molecule has 3 nitrogen and oxygen atoms in total. The summed E-state index contributed by atoms with van der Waals surface area (Å²) in [5.41, 5.74) is 6.89. The van der Waals surface area contributed by atoms with Gasteiger partial charge in [0.25, 0.3) is 5.56 Å². The largest absolute Gasteiger partial charge is 0.294 e. The zero-order chi connectivity index (χ0) is 19.1. The Morgan fingerprint density at radius 2 is 1.78 bits per heavy atom.